The summed E-state index contributed by atoms with van der Waals surface area (Å²) >= 11 is 1.26. The molecule has 4 rings (SSSR count). The van der Waals surface area contributed by atoms with Crippen LogP contribution < -0.4 is 19.5 Å². The predicted molar refractivity (Wildman–Crippen MR) is 122 cm³/mol. The molecule has 170 valence electrons. The minimum absolute atomic E-state index is 0.00278. The lowest BCUT2D eigenvalue weighted by molar-refractivity contribution is -0.116. The van der Waals surface area contributed by atoms with Crippen LogP contribution >= 0.6 is 11.8 Å². The Morgan fingerprint density at radius 3 is 2.47 bits per heavy atom. The number of thioether (sulfide) groups is 1. The first kappa shape index (κ1) is 22.3. The summed E-state index contributed by atoms with van der Waals surface area (Å²) in [6.07, 6.45) is 0.929. The number of nitrogens with zero attached hydrogens (tertiary/aromatic N) is 1. The fourth-order valence-electron chi connectivity index (χ4n) is 3.24. The van der Waals surface area contributed by atoms with Gasteiger partial charge in [0.15, 0.2) is 11.5 Å². The number of rotatable bonds is 7. The van der Waals surface area contributed by atoms with Crippen molar-refractivity contribution in [1.29, 1.82) is 0 Å². The van der Waals surface area contributed by atoms with Crippen molar-refractivity contribution in [1.82, 2.24) is 4.90 Å². The van der Waals surface area contributed by atoms with Crippen LogP contribution in [0.5, 0.6) is 11.5 Å². The standard InChI is InChI=1S/C21H23N3O6S2/c25-20(8-9-24-10-13-31-21(24)26)22-15-2-4-16(5-3-15)23-32(27,28)17-6-7-18-19(14-17)30-12-1-11-29-18/h2-7,14,23H,1,8-13H2,(H,22,25). The van der Waals surface area contributed by atoms with E-state index in [1.807, 2.05) is 0 Å². The number of fused-ring (bicyclic) bond motifs is 1. The Hall–Kier alpha value is -2.92. The van der Waals surface area contributed by atoms with Gasteiger partial charge in [0, 0.05) is 49.1 Å². The Bertz CT molecular complexity index is 1110. The molecule has 0 radical (unpaired) electrons. The fourth-order valence-corrected chi connectivity index (χ4v) is 5.16. The molecule has 2 heterocycles. The lowest BCUT2D eigenvalue weighted by Crippen LogP contribution is -2.27. The van der Waals surface area contributed by atoms with Gasteiger partial charge in [-0.2, -0.15) is 0 Å². The lowest BCUT2D eigenvalue weighted by atomic mass is 10.2. The van der Waals surface area contributed by atoms with Crippen molar-refractivity contribution in [3.05, 3.63) is 42.5 Å². The summed E-state index contributed by atoms with van der Waals surface area (Å²) in [4.78, 5) is 25.4. The lowest BCUT2D eigenvalue weighted by Gasteiger charge is -2.14. The SMILES string of the molecule is O=C(CCN1CCSC1=O)Nc1ccc(NS(=O)(=O)c2ccc3c(c2)OCCCO3)cc1. The molecule has 2 aromatic carbocycles. The smallest absolute Gasteiger partial charge is 0.281 e. The Morgan fingerprint density at radius 1 is 1.03 bits per heavy atom. The molecule has 0 saturated carbocycles. The highest BCUT2D eigenvalue weighted by Gasteiger charge is 2.22. The Balaban J connectivity index is 1.35. The largest absolute Gasteiger partial charge is 0.490 e. The van der Waals surface area contributed by atoms with Crippen molar-refractivity contribution < 1.29 is 27.5 Å². The van der Waals surface area contributed by atoms with Crippen LogP contribution in [0.4, 0.5) is 16.2 Å². The van der Waals surface area contributed by atoms with Gasteiger partial charge in [-0.05, 0) is 36.4 Å². The minimum Gasteiger partial charge on any atom is -0.490 e. The molecule has 1 fully saturated rings. The fraction of sp³-hybridized carbons (Fsp3) is 0.333. The second-order valence-corrected chi connectivity index (χ2v) is 9.97. The van der Waals surface area contributed by atoms with E-state index in [-0.39, 0.29) is 22.5 Å². The number of anilines is 2. The van der Waals surface area contributed by atoms with Crippen LogP contribution in [0.3, 0.4) is 0 Å². The van der Waals surface area contributed by atoms with Gasteiger partial charge in [-0.25, -0.2) is 8.42 Å². The second-order valence-electron chi connectivity index (χ2n) is 7.24. The molecule has 9 nitrogen and oxygen atoms in total. The average Bonchev–Trinajstić information content (AvgIpc) is 3.03. The number of carbonyl (C=O) groups excluding carboxylic acids is 2. The minimum atomic E-state index is -3.83. The molecule has 11 heteroatoms. The number of hydrogen-bond donors (Lipinski definition) is 2. The molecule has 2 aromatic rings. The first-order chi connectivity index (χ1) is 15.4. The van der Waals surface area contributed by atoms with Crippen LogP contribution in [0.25, 0.3) is 0 Å². The van der Waals surface area contributed by atoms with Crippen LogP contribution in [-0.4, -0.2) is 56.5 Å². The molecule has 0 aliphatic carbocycles. The molecule has 0 spiro atoms. The molecule has 0 atom stereocenters. The number of benzene rings is 2. The number of carbonyl (C=O) groups is 2. The zero-order valence-electron chi connectivity index (χ0n) is 17.2. The van der Waals surface area contributed by atoms with Crippen LogP contribution in [0.1, 0.15) is 12.8 Å². The van der Waals surface area contributed by atoms with Crippen molar-refractivity contribution in [2.45, 2.75) is 17.7 Å². The summed E-state index contributed by atoms with van der Waals surface area (Å²) in [5.41, 5.74) is 0.894. The highest BCUT2D eigenvalue weighted by molar-refractivity contribution is 8.13. The number of hydrogen-bond acceptors (Lipinski definition) is 7. The molecule has 0 unspecified atom stereocenters. The van der Waals surface area contributed by atoms with Gasteiger partial charge in [0.2, 0.25) is 5.91 Å². The molecular weight excluding hydrogens is 454 g/mol. The third kappa shape index (κ3) is 5.46. The molecule has 2 aliphatic heterocycles. The maximum atomic E-state index is 12.8. The van der Waals surface area contributed by atoms with Crippen LogP contribution in [0.2, 0.25) is 0 Å². The Kier molecular flexibility index (Phi) is 6.75. The van der Waals surface area contributed by atoms with Gasteiger partial charge in [-0.1, -0.05) is 11.8 Å². The van der Waals surface area contributed by atoms with Gasteiger partial charge in [0.05, 0.1) is 18.1 Å². The van der Waals surface area contributed by atoms with E-state index in [0.717, 1.165) is 12.2 Å². The third-order valence-electron chi connectivity index (χ3n) is 4.90. The Morgan fingerprint density at radius 2 is 1.75 bits per heavy atom. The number of nitrogens with one attached hydrogen (secondary N) is 2. The topological polar surface area (TPSA) is 114 Å². The first-order valence-electron chi connectivity index (χ1n) is 10.1. The summed E-state index contributed by atoms with van der Waals surface area (Å²) in [6.45, 7) is 2.03. The van der Waals surface area contributed by atoms with E-state index in [1.54, 1.807) is 35.2 Å². The van der Waals surface area contributed by atoms with Gasteiger partial charge in [-0.3, -0.25) is 14.3 Å². The van der Waals surface area contributed by atoms with Crippen LogP contribution in [0.15, 0.2) is 47.4 Å². The summed E-state index contributed by atoms with van der Waals surface area (Å²) in [5.74, 6) is 1.46. The molecule has 0 bridgehead atoms. The maximum Gasteiger partial charge on any atom is 0.281 e. The van der Waals surface area contributed by atoms with E-state index in [4.69, 9.17) is 9.47 Å². The number of amides is 2. The summed E-state index contributed by atoms with van der Waals surface area (Å²) in [6, 6.07) is 10.9. The zero-order valence-corrected chi connectivity index (χ0v) is 18.8. The van der Waals surface area contributed by atoms with E-state index in [0.29, 0.717) is 49.2 Å². The van der Waals surface area contributed by atoms with Crippen molar-refractivity contribution in [2.24, 2.45) is 0 Å². The van der Waals surface area contributed by atoms with Crippen LogP contribution in [0, 0.1) is 0 Å². The van der Waals surface area contributed by atoms with E-state index in [9.17, 15) is 18.0 Å². The molecule has 2 N–H and O–H groups in total. The summed E-state index contributed by atoms with van der Waals surface area (Å²) in [5, 5.41) is 2.75. The molecule has 2 aliphatic rings. The average molecular weight is 478 g/mol. The monoisotopic (exact) mass is 477 g/mol. The van der Waals surface area contributed by atoms with Gasteiger partial charge in [0.1, 0.15) is 0 Å². The van der Waals surface area contributed by atoms with E-state index in [2.05, 4.69) is 10.0 Å². The third-order valence-corrected chi connectivity index (χ3v) is 7.17. The first-order valence-corrected chi connectivity index (χ1v) is 12.6. The van der Waals surface area contributed by atoms with E-state index >= 15 is 0 Å². The summed E-state index contributed by atoms with van der Waals surface area (Å²) in [7, 11) is -3.83. The number of sulfonamides is 1. The van der Waals surface area contributed by atoms with Crippen molar-refractivity contribution >= 4 is 44.3 Å². The molecule has 2 amide bonds. The highest BCUT2D eigenvalue weighted by atomic mass is 32.2. The zero-order chi connectivity index (χ0) is 22.6. The van der Waals surface area contributed by atoms with E-state index in [1.165, 1.54) is 23.9 Å². The molecule has 32 heavy (non-hydrogen) atoms. The quantitative estimate of drug-likeness (QED) is 0.630. The van der Waals surface area contributed by atoms with Crippen LogP contribution in [-0.2, 0) is 14.8 Å². The predicted octanol–water partition coefficient (Wildman–Crippen LogP) is 3.15. The molecule has 0 aromatic heterocycles. The van der Waals surface area contributed by atoms with Gasteiger partial charge in [-0.15, -0.1) is 0 Å². The highest BCUT2D eigenvalue weighted by Crippen LogP contribution is 2.32. The Labute approximate surface area is 190 Å². The maximum absolute atomic E-state index is 12.8. The second kappa shape index (κ2) is 9.70. The molecular formula is C21H23N3O6S2. The van der Waals surface area contributed by atoms with Gasteiger partial charge in [0.25, 0.3) is 15.3 Å². The van der Waals surface area contributed by atoms with Crippen molar-refractivity contribution in [3.8, 4) is 11.5 Å². The normalized spacial score (nSPS) is 15.9. The summed E-state index contributed by atoms with van der Waals surface area (Å²) < 4.78 is 39.1. The molecule has 1 saturated heterocycles. The van der Waals surface area contributed by atoms with Crippen molar-refractivity contribution in [3.63, 3.8) is 0 Å². The number of ether oxygens (including phenoxy) is 2. The van der Waals surface area contributed by atoms with Crippen molar-refractivity contribution in [2.75, 3.05) is 42.1 Å². The van der Waals surface area contributed by atoms with E-state index < -0.39 is 10.0 Å². The van der Waals surface area contributed by atoms with Gasteiger partial charge >= 0.3 is 0 Å². The van der Waals surface area contributed by atoms with Gasteiger partial charge < -0.3 is 19.7 Å².